The van der Waals surface area contributed by atoms with Crippen molar-refractivity contribution in [3.63, 3.8) is 0 Å². The number of hydrogen-bond acceptors (Lipinski definition) is 12. The second-order valence-corrected chi connectivity index (χ2v) is 13.3. The number of amides is 1. The van der Waals surface area contributed by atoms with Crippen LogP contribution in [0.2, 0.25) is 5.02 Å². The molecule has 1 aliphatic rings. The number of nitrogens with one attached hydrogen (secondary N) is 2. The Morgan fingerprint density at radius 3 is 2.02 bits per heavy atom. The molecule has 55 heavy (non-hydrogen) atoms. The van der Waals surface area contributed by atoms with E-state index in [2.05, 4.69) is 15.8 Å². The third-order valence-corrected chi connectivity index (χ3v) is 9.65. The maximum atomic E-state index is 12.7. The predicted octanol–water partition coefficient (Wildman–Crippen LogP) is 6.52. The highest BCUT2D eigenvalue weighted by atomic mass is 35.5. The molecule has 0 radical (unpaired) electrons. The number of aliphatic hydroxyl groups is 4. The average Bonchev–Trinajstić information content (AvgIpc) is 3.72. The Balaban J connectivity index is 0.992. The van der Waals surface area contributed by atoms with Crippen molar-refractivity contribution in [3.05, 3.63) is 105 Å². The second-order valence-electron chi connectivity index (χ2n) is 12.9. The summed E-state index contributed by atoms with van der Waals surface area (Å²) in [5.41, 5.74) is 5.81. The van der Waals surface area contributed by atoms with Crippen molar-refractivity contribution in [2.45, 2.75) is 58.3 Å². The van der Waals surface area contributed by atoms with Crippen molar-refractivity contribution in [2.24, 2.45) is 0 Å². The molecule has 0 fully saturated rings. The van der Waals surface area contributed by atoms with Gasteiger partial charge in [0.1, 0.15) is 17.6 Å². The summed E-state index contributed by atoms with van der Waals surface area (Å²) in [5.74, 6) is 2.19. The van der Waals surface area contributed by atoms with Gasteiger partial charge in [0.25, 0.3) is 5.91 Å². The first kappa shape index (κ1) is 39.4. The number of methoxy groups -OCH3 is 2. The third kappa shape index (κ3) is 8.98. The summed E-state index contributed by atoms with van der Waals surface area (Å²) in [6.45, 7) is -0.206. The summed E-state index contributed by atoms with van der Waals surface area (Å²) in [6, 6.07) is 19.3. The fraction of sp³-hybridized carbons (Fsp3) is 0.317. The smallest absolute Gasteiger partial charge is 0.255 e. The summed E-state index contributed by atoms with van der Waals surface area (Å²) in [7, 11) is 3.09. The van der Waals surface area contributed by atoms with E-state index in [4.69, 9.17) is 35.1 Å². The fourth-order valence-corrected chi connectivity index (χ4v) is 6.67. The van der Waals surface area contributed by atoms with Crippen LogP contribution in [0.5, 0.6) is 23.0 Å². The number of benzene rings is 4. The number of ether oxygens (including phenoxy) is 4. The number of aliphatic hydroxyl groups excluding tert-OH is 4. The minimum atomic E-state index is -0.463. The molecule has 5 aromatic rings. The van der Waals surface area contributed by atoms with Gasteiger partial charge in [-0.15, -0.1) is 0 Å². The minimum absolute atomic E-state index is 0.209. The highest BCUT2D eigenvalue weighted by Crippen LogP contribution is 2.42. The summed E-state index contributed by atoms with van der Waals surface area (Å²) in [6.07, 6.45) is 2.93. The van der Waals surface area contributed by atoms with Crippen molar-refractivity contribution >= 4 is 23.2 Å². The van der Waals surface area contributed by atoms with Crippen LogP contribution in [-0.4, -0.2) is 58.9 Å². The van der Waals surface area contributed by atoms with Gasteiger partial charge in [-0.05, 0) is 103 Å². The lowest BCUT2D eigenvalue weighted by Gasteiger charge is -2.28. The van der Waals surface area contributed by atoms with Crippen LogP contribution in [0.4, 0.5) is 5.69 Å². The predicted molar refractivity (Wildman–Crippen MR) is 205 cm³/mol. The molecule has 1 amide bonds. The first-order chi connectivity index (χ1) is 26.8. The lowest BCUT2D eigenvalue weighted by molar-refractivity contribution is 0.0935. The standard InChI is InChI=1S/C41H44ClN3O10/c1-51-37-16-26(36-19-34(45-55-36)25-14-27(20-46)32(23-49)28(15-25)21-47)17-38(52-2)39(37)54-12-6-4-3-5-11-53-35-10-7-24(13-29(35)22-48)40-43-33-9-8-30(42)18-31(33)41(50)44-40/h7-10,13-19,40,43,46-49H,3-6,11-12,20-23H2,1-2H3,(H,44,50). The molecule has 1 aliphatic heterocycles. The van der Waals surface area contributed by atoms with E-state index in [1.54, 1.807) is 62.8 Å². The summed E-state index contributed by atoms with van der Waals surface area (Å²) in [4.78, 5) is 12.7. The van der Waals surface area contributed by atoms with Crippen LogP contribution < -0.4 is 29.6 Å². The Morgan fingerprint density at radius 1 is 0.709 bits per heavy atom. The molecular weight excluding hydrogens is 730 g/mol. The number of fused-ring (bicyclic) bond motifs is 1. The molecule has 0 spiro atoms. The number of unbranched alkanes of at least 4 members (excludes halogenated alkanes) is 3. The first-order valence-corrected chi connectivity index (χ1v) is 18.2. The summed E-state index contributed by atoms with van der Waals surface area (Å²) < 4.78 is 29.1. The number of aromatic nitrogens is 1. The molecule has 14 heteroatoms. The van der Waals surface area contributed by atoms with Gasteiger partial charge in [0, 0.05) is 33.5 Å². The maximum absolute atomic E-state index is 12.7. The zero-order chi connectivity index (χ0) is 38.9. The zero-order valence-corrected chi connectivity index (χ0v) is 31.3. The van der Waals surface area contributed by atoms with Gasteiger partial charge in [0.2, 0.25) is 5.75 Å². The third-order valence-electron chi connectivity index (χ3n) is 9.42. The monoisotopic (exact) mass is 773 g/mol. The molecule has 2 heterocycles. The SMILES string of the molecule is COc1cc(-c2cc(-c3cc(CO)c(CO)c(CO)c3)no2)cc(OC)c1OCCCCCCOc1ccc(C2NC(=O)c3cc(Cl)ccc3N2)cc1CO. The van der Waals surface area contributed by atoms with E-state index in [0.29, 0.717) is 97.3 Å². The molecule has 6 rings (SSSR count). The van der Waals surface area contributed by atoms with Crippen LogP contribution in [0.1, 0.15) is 70.0 Å². The second kappa shape index (κ2) is 18.3. The molecule has 0 saturated heterocycles. The number of halogens is 1. The van der Waals surface area contributed by atoms with Gasteiger partial charge in [-0.2, -0.15) is 0 Å². The Morgan fingerprint density at radius 2 is 1.38 bits per heavy atom. The fourth-order valence-electron chi connectivity index (χ4n) is 6.50. The Kier molecular flexibility index (Phi) is 13.1. The maximum Gasteiger partial charge on any atom is 0.255 e. The van der Waals surface area contributed by atoms with Gasteiger partial charge >= 0.3 is 0 Å². The van der Waals surface area contributed by atoms with E-state index < -0.39 is 6.17 Å². The van der Waals surface area contributed by atoms with E-state index in [1.807, 2.05) is 18.2 Å². The molecule has 4 aromatic carbocycles. The van der Waals surface area contributed by atoms with Gasteiger partial charge in [-0.3, -0.25) is 4.79 Å². The lowest BCUT2D eigenvalue weighted by Crippen LogP contribution is -2.38. The van der Waals surface area contributed by atoms with Gasteiger partial charge < -0.3 is 54.5 Å². The van der Waals surface area contributed by atoms with Gasteiger partial charge in [0.15, 0.2) is 17.3 Å². The number of carbonyl (C=O) groups is 1. The Hall–Kier alpha value is -5.31. The van der Waals surface area contributed by atoms with Crippen LogP contribution >= 0.6 is 11.6 Å². The number of anilines is 1. The normalized spacial score (nSPS) is 13.5. The molecule has 0 saturated carbocycles. The Labute approximate surface area is 323 Å². The first-order valence-electron chi connectivity index (χ1n) is 17.9. The number of rotatable bonds is 18. The van der Waals surface area contributed by atoms with Crippen LogP contribution in [0.25, 0.3) is 22.6 Å². The van der Waals surface area contributed by atoms with Crippen molar-refractivity contribution < 1.29 is 48.7 Å². The topological polar surface area (TPSA) is 185 Å². The molecule has 0 aliphatic carbocycles. The summed E-state index contributed by atoms with van der Waals surface area (Å²) >= 11 is 6.05. The highest BCUT2D eigenvalue weighted by Gasteiger charge is 2.26. The molecule has 1 atom stereocenters. The highest BCUT2D eigenvalue weighted by molar-refractivity contribution is 6.31. The van der Waals surface area contributed by atoms with Crippen molar-refractivity contribution in [3.8, 4) is 45.6 Å². The largest absolute Gasteiger partial charge is 0.493 e. The molecule has 1 unspecified atom stereocenters. The van der Waals surface area contributed by atoms with Gasteiger partial charge in [-0.1, -0.05) is 22.8 Å². The Bertz CT molecular complexity index is 2070. The van der Waals surface area contributed by atoms with Crippen LogP contribution in [-0.2, 0) is 26.4 Å². The molecule has 1 aromatic heterocycles. The van der Waals surface area contributed by atoms with Crippen molar-refractivity contribution in [1.82, 2.24) is 10.5 Å². The van der Waals surface area contributed by atoms with Crippen LogP contribution in [0.3, 0.4) is 0 Å². The average molecular weight is 774 g/mol. The number of nitrogens with zero attached hydrogens (tertiary/aromatic N) is 1. The van der Waals surface area contributed by atoms with E-state index in [9.17, 15) is 25.2 Å². The number of hydrogen-bond donors (Lipinski definition) is 6. The van der Waals surface area contributed by atoms with Gasteiger partial charge in [0.05, 0.1) is 59.4 Å². The molecular formula is C41H44ClN3O10. The van der Waals surface area contributed by atoms with Crippen LogP contribution in [0.15, 0.2) is 71.3 Å². The van der Waals surface area contributed by atoms with Crippen molar-refractivity contribution in [1.29, 1.82) is 0 Å². The molecule has 6 N–H and O–H groups in total. The molecule has 290 valence electrons. The van der Waals surface area contributed by atoms with Gasteiger partial charge in [-0.25, -0.2) is 0 Å². The van der Waals surface area contributed by atoms with Crippen LogP contribution in [0, 0.1) is 0 Å². The quantitative estimate of drug-likeness (QED) is 0.0531. The number of carbonyl (C=O) groups excluding carboxylic acids is 1. The molecule has 13 nitrogen and oxygen atoms in total. The van der Waals surface area contributed by atoms with E-state index in [-0.39, 0.29) is 32.3 Å². The lowest BCUT2D eigenvalue weighted by atomic mass is 9.97. The van der Waals surface area contributed by atoms with Crippen molar-refractivity contribution in [2.75, 3.05) is 32.8 Å². The minimum Gasteiger partial charge on any atom is -0.493 e. The summed E-state index contributed by atoms with van der Waals surface area (Å²) in [5, 5.41) is 50.3. The van der Waals surface area contributed by atoms with E-state index in [1.165, 1.54) is 0 Å². The van der Waals surface area contributed by atoms with E-state index in [0.717, 1.165) is 31.2 Å². The molecule has 0 bridgehead atoms. The van der Waals surface area contributed by atoms with E-state index >= 15 is 0 Å². The zero-order valence-electron chi connectivity index (χ0n) is 30.6.